The molecule has 0 radical (unpaired) electrons. The van der Waals surface area contributed by atoms with Gasteiger partial charge in [-0.3, -0.25) is 0 Å². The second-order valence-corrected chi connectivity index (χ2v) is 9.38. The Balaban J connectivity index is 1.83. The van der Waals surface area contributed by atoms with Crippen LogP contribution in [-0.4, -0.2) is 47.6 Å². The number of hydrogen-bond donors (Lipinski definition) is 0. The summed E-state index contributed by atoms with van der Waals surface area (Å²) in [5.41, 5.74) is 1.33. The van der Waals surface area contributed by atoms with Crippen molar-refractivity contribution >= 4 is 39.1 Å². The van der Waals surface area contributed by atoms with Gasteiger partial charge in [-0.05, 0) is 25.3 Å². The molecule has 7 heteroatoms. The van der Waals surface area contributed by atoms with Gasteiger partial charge in [-0.25, -0.2) is 9.97 Å². The second-order valence-electron chi connectivity index (χ2n) is 7.23. The standard InChI is InChI=1S/C19H27N3O2S2/c1-4-10-25-18-20-16(22-6-8-23-9-7-22)15-13-11-19(3,5-2)24-12-14(13)26-17(15)21-18/h4-12H2,1-3H3. The van der Waals surface area contributed by atoms with Crippen LogP contribution in [0.2, 0.25) is 0 Å². The topological polar surface area (TPSA) is 47.5 Å². The van der Waals surface area contributed by atoms with E-state index < -0.39 is 0 Å². The van der Waals surface area contributed by atoms with Gasteiger partial charge in [0, 0.05) is 30.1 Å². The Bertz CT molecular complexity index is 789. The predicted molar refractivity (Wildman–Crippen MR) is 109 cm³/mol. The fraction of sp³-hybridized carbons (Fsp3) is 0.684. The molecule has 1 atom stereocenters. The average Bonchev–Trinajstić information content (AvgIpc) is 3.03. The lowest BCUT2D eigenvalue weighted by atomic mass is 9.90. The van der Waals surface area contributed by atoms with E-state index in [0.717, 1.165) is 67.1 Å². The van der Waals surface area contributed by atoms with Crippen molar-refractivity contribution in [1.29, 1.82) is 0 Å². The number of thiophene rings is 1. The van der Waals surface area contributed by atoms with Crippen molar-refractivity contribution in [3.05, 3.63) is 10.4 Å². The molecule has 2 aromatic heterocycles. The van der Waals surface area contributed by atoms with Crippen LogP contribution in [0.1, 0.15) is 44.1 Å². The number of morpholine rings is 1. The minimum atomic E-state index is -0.0844. The Morgan fingerprint density at radius 3 is 2.77 bits per heavy atom. The van der Waals surface area contributed by atoms with Crippen molar-refractivity contribution in [2.45, 2.75) is 57.4 Å². The lowest BCUT2D eigenvalue weighted by molar-refractivity contribution is -0.0543. The molecule has 2 aromatic rings. The van der Waals surface area contributed by atoms with Crippen LogP contribution in [0.5, 0.6) is 0 Å². The van der Waals surface area contributed by atoms with E-state index in [1.165, 1.54) is 15.8 Å². The minimum absolute atomic E-state index is 0.0844. The zero-order valence-electron chi connectivity index (χ0n) is 15.8. The summed E-state index contributed by atoms with van der Waals surface area (Å²) < 4.78 is 11.7. The molecule has 142 valence electrons. The van der Waals surface area contributed by atoms with Crippen LogP contribution in [0, 0.1) is 0 Å². The predicted octanol–water partition coefficient (Wildman–Crippen LogP) is 4.27. The van der Waals surface area contributed by atoms with Crippen LogP contribution in [0.15, 0.2) is 5.16 Å². The van der Waals surface area contributed by atoms with E-state index in [4.69, 9.17) is 19.4 Å². The number of rotatable bonds is 5. The highest BCUT2D eigenvalue weighted by molar-refractivity contribution is 7.99. The molecule has 5 nitrogen and oxygen atoms in total. The summed E-state index contributed by atoms with van der Waals surface area (Å²) >= 11 is 3.55. The number of thioether (sulfide) groups is 1. The molecule has 1 saturated heterocycles. The van der Waals surface area contributed by atoms with Gasteiger partial charge < -0.3 is 14.4 Å². The lowest BCUT2D eigenvalue weighted by Gasteiger charge is -2.34. The van der Waals surface area contributed by atoms with E-state index in [9.17, 15) is 0 Å². The normalized spacial score (nSPS) is 23.4. The zero-order chi connectivity index (χ0) is 18.1. The van der Waals surface area contributed by atoms with Crippen molar-refractivity contribution < 1.29 is 9.47 Å². The van der Waals surface area contributed by atoms with E-state index in [2.05, 4.69) is 25.7 Å². The van der Waals surface area contributed by atoms with Crippen LogP contribution in [-0.2, 0) is 22.5 Å². The number of hydrogen-bond acceptors (Lipinski definition) is 7. The number of anilines is 1. The summed E-state index contributed by atoms with van der Waals surface area (Å²) in [5, 5.41) is 2.16. The van der Waals surface area contributed by atoms with Crippen molar-refractivity contribution in [3.8, 4) is 0 Å². The first-order chi connectivity index (χ1) is 12.6. The van der Waals surface area contributed by atoms with Crippen LogP contribution in [0.4, 0.5) is 5.82 Å². The number of ether oxygens (including phenoxy) is 2. The van der Waals surface area contributed by atoms with Crippen LogP contribution in [0.25, 0.3) is 10.2 Å². The SMILES string of the molecule is CCCSc1nc(N2CCOCC2)c2c3c(sc2n1)COC(C)(CC)C3. The Kier molecular flexibility index (Phi) is 5.41. The third-order valence-electron chi connectivity index (χ3n) is 5.29. The summed E-state index contributed by atoms with van der Waals surface area (Å²) in [6.07, 6.45) is 3.09. The van der Waals surface area contributed by atoms with Crippen molar-refractivity contribution in [2.24, 2.45) is 0 Å². The van der Waals surface area contributed by atoms with Crippen LogP contribution < -0.4 is 4.90 Å². The fourth-order valence-corrected chi connectivity index (χ4v) is 5.37. The van der Waals surface area contributed by atoms with E-state index >= 15 is 0 Å². The average molecular weight is 394 g/mol. The summed E-state index contributed by atoms with van der Waals surface area (Å²) in [5.74, 6) is 2.16. The van der Waals surface area contributed by atoms with Crippen LogP contribution >= 0.6 is 23.1 Å². The first kappa shape index (κ1) is 18.5. The smallest absolute Gasteiger partial charge is 0.190 e. The molecule has 0 saturated carbocycles. The van der Waals surface area contributed by atoms with Crippen molar-refractivity contribution in [3.63, 3.8) is 0 Å². The van der Waals surface area contributed by atoms with E-state index in [-0.39, 0.29) is 5.60 Å². The third kappa shape index (κ3) is 3.46. The summed E-state index contributed by atoms with van der Waals surface area (Å²) in [7, 11) is 0. The van der Waals surface area contributed by atoms with Gasteiger partial charge in [0.2, 0.25) is 0 Å². The van der Waals surface area contributed by atoms with Crippen molar-refractivity contribution in [2.75, 3.05) is 37.0 Å². The highest BCUT2D eigenvalue weighted by Gasteiger charge is 2.34. The first-order valence-corrected chi connectivity index (χ1v) is 11.4. The van der Waals surface area contributed by atoms with E-state index in [1.54, 1.807) is 23.1 Å². The molecule has 2 aliphatic rings. The Morgan fingerprint density at radius 1 is 1.23 bits per heavy atom. The molecule has 0 N–H and O–H groups in total. The molecule has 0 amide bonds. The van der Waals surface area contributed by atoms with Gasteiger partial charge in [-0.2, -0.15) is 0 Å². The molecule has 0 aliphatic carbocycles. The molecule has 2 aliphatic heterocycles. The molecular formula is C19H27N3O2S2. The zero-order valence-corrected chi connectivity index (χ0v) is 17.5. The number of aromatic nitrogens is 2. The number of nitrogens with zero attached hydrogens (tertiary/aromatic N) is 3. The maximum atomic E-state index is 6.17. The maximum Gasteiger partial charge on any atom is 0.190 e. The van der Waals surface area contributed by atoms with Gasteiger partial charge in [0.15, 0.2) is 5.16 Å². The van der Waals surface area contributed by atoms with Gasteiger partial charge in [0.1, 0.15) is 10.6 Å². The van der Waals surface area contributed by atoms with E-state index in [0.29, 0.717) is 6.61 Å². The molecule has 0 aromatic carbocycles. The molecule has 1 unspecified atom stereocenters. The molecule has 4 heterocycles. The summed E-state index contributed by atoms with van der Waals surface area (Å²) in [6, 6.07) is 0. The Labute approximate surface area is 163 Å². The molecular weight excluding hydrogens is 366 g/mol. The summed E-state index contributed by atoms with van der Waals surface area (Å²) in [6.45, 7) is 10.7. The Hall–Kier alpha value is -0.890. The monoisotopic (exact) mass is 393 g/mol. The molecule has 0 bridgehead atoms. The Morgan fingerprint density at radius 2 is 2.04 bits per heavy atom. The third-order valence-corrected chi connectivity index (χ3v) is 7.44. The molecule has 1 fully saturated rings. The van der Waals surface area contributed by atoms with Gasteiger partial charge >= 0.3 is 0 Å². The van der Waals surface area contributed by atoms with Crippen molar-refractivity contribution in [1.82, 2.24) is 9.97 Å². The van der Waals surface area contributed by atoms with Gasteiger partial charge in [0.05, 0.1) is 30.8 Å². The minimum Gasteiger partial charge on any atom is -0.378 e. The highest BCUT2D eigenvalue weighted by atomic mass is 32.2. The largest absolute Gasteiger partial charge is 0.378 e. The highest BCUT2D eigenvalue weighted by Crippen LogP contribution is 2.43. The van der Waals surface area contributed by atoms with Gasteiger partial charge in [-0.15, -0.1) is 11.3 Å². The van der Waals surface area contributed by atoms with E-state index in [1.807, 2.05) is 0 Å². The fourth-order valence-electron chi connectivity index (χ4n) is 3.52. The first-order valence-electron chi connectivity index (χ1n) is 9.55. The van der Waals surface area contributed by atoms with Gasteiger partial charge in [0.25, 0.3) is 0 Å². The molecule has 26 heavy (non-hydrogen) atoms. The molecule has 0 spiro atoms. The van der Waals surface area contributed by atoms with Gasteiger partial charge in [-0.1, -0.05) is 25.6 Å². The molecule has 4 rings (SSSR count). The lowest BCUT2D eigenvalue weighted by Crippen LogP contribution is -2.37. The number of fused-ring (bicyclic) bond motifs is 3. The second kappa shape index (κ2) is 7.62. The summed E-state index contributed by atoms with van der Waals surface area (Å²) in [4.78, 5) is 14.7. The quantitative estimate of drug-likeness (QED) is 0.558. The maximum absolute atomic E-state index is 6.17. The van der Waals surface area contributed by atoms with Crippen LogP contribution in [0.3, 0.4) is 0 Å².